The summed E-state index contributed by atoms with van der Waals surface area (Å²) < 4.78 is 0. The van der Waals surface area contributed by atoms with Crippen LogP contribution in [-0.2, 0) is 4.79 Å². The normalized spacial score (nSPS) is 15.9. The number of hydrogen-bond donors (Lipinski definition) is 1. The summed E-state index contributed by atoms with van der Waals surface area (Å²) in [5.74, 6) is -0.372. The van der Waals surface area contributed by atoms with E-state index in [4.69, 9.17) is 11.6 Å². The molecule has 1 heterocycles. The number of benzene rings is 2. The van der Waals surface area contributed by atoms with E-state index in [1.807, 2.05) is 36.9 Å². The highest BCUT2D eigenvalue weighted by molar-refractivity contribution is 6.33. The molecule has 5 nitrogen and oxygen atoms in total. The van der Waals surface area contributed by atoms with Gasteiger partial charge in [0.25, 0.3) is 5.91 Å². The SMILES string of the molecule is CC(C)C(NC(=O)c1ccccc1Cl)C(=O)N1CCN(C/C=C/c2ccccc2)CC1. The molecule has 1 saturated heterocycles. The van der Waals surface area contributed by atoms with Crippen LogP contribution in [0.25, 0.3) is 6.08 Å². The molecule has 2 amide bonds. The third kappa shape index (κ3) is 6.42. The number of carbonyl (C=O) groups is 2. The van der Waals surface area contributed by atoms with E-state index in [1.165, 1.54) is 5.56 Å². The summed E-state index contributed by atoms with van der Waals surface area (Å²) >= 11 is 6.14. The van der Waals surface area contributed by atoms with Gasteiger partial charge in [0.1, 0.15) is 6.04 Å². The summed E-state index contributed by atoms with van der Waals surface area (Å²) in [4.78, 5) is 30.0. The first-order chi connectivity index (χ1) is 15.0. The van der Waals surface area contributed by atoms with Gasteiger partial charge in [0.2, 0.25) is 5.91 Å². The molecule has 0 spiro atoms. The summed E-state index contributed by atoms with van der Waals surface area (Å²) in [6, 6.07) is 16.5. The molecule has 1 N–H and O–H groups in total. The van der Waals surface area contributed by atoms with Gasteiger partial charge < -0.3 is 10.2 Å². The van der Waals surface area contributed by atoms with E-state index in [0.717, 1.165) is 19.6 Å². The molecule has 6 heteroatoms. The maximum Gasteiger partial charge on any atom is 0.253 e. The average Bonchev–Trinajstić information content (AvgIpc) is 2.78. The van der Waals surface area contributed by atoms with Gasteiger partial charge in [0.05, 0.1) is 10.6 Å². The molecule has 0 aliphatic carbocycles. The number of amides is 2. The van der Waals surface area contributed by atoms with E-state index >= 15 is 0 Å². The fourth-order valence-electron chi connectivity index (χ4n) is 3.63. The van der Waals surface area contributed by atoms with Crippen LogP contribution in [0.1, 0.15) is 29.8 Å². The lowest BCUT2D eigenvalue weighted by Gasteiger charge is -2.37. The van der Waals surface area contributed by atoms with E-state index in [0.29, 0.717) is 23.7 Å². The topological polar surface area (TPSA) is 52.7 Å². The number of carbonyl (C=O) groups excluding carboxylic acids is 2. The van der Waals surface area contributed by atoms with E-state index < -0.39 is 6.04 Å². The zero-order chi connectivity index (χ0) is 22.2. The van der Waals surface area contributed by atoms with Crippen LogP contribution < -0.4 is 5.32 Å². The molecular weight excluding hydrogens is 410 g/mol. The quantitative estimate of drug-likeness (QED) is 0.710. The van der Waals surface area contributed by atoms with E-state index in [2.05, 4.69) is 34.5 Å². The van der Waals surface area contributed by atoms with Gasteiger partial charge in [-0.25, -0.2) is 0 Å². The van der Waals surface area contributed by atoms with E-state index in [-0.39, 0.29) is 17.7 Å². The molecule has 2 aromatic carbocycles. The van der Waals surface area contributed by atoms with Gasteiger partial charge in [0.15, 0.2) is 0 Å². The van der Waals surface area contributed by atoms with Crippen molar-refractivity contribution in [3.05, 3.63) is 76.8 Å². The van der Waals surface area contributed by atoms with Crippen LogP contribution in [0.15, 0.2) is 60.7 Å². The summed E-state index contributed by atoms with van der Waals surface area (Å²) in [5.41, 5.74) is 1.57. The van der Waals surface area contributed by atoms with Gasteiger partial charge in [-0.2, -0.15) is 0 Å². The molecule has 0 bridgehead atoms. The highest BCUT2D eigenvalue weighted by Gasteiger charge is 2.31. The molecule has 31 heavy (non-hydrogen) atoms. The fraction of sp³-hybridized carbons (Fsp3) is 0.360. The smallest absolute Gasteiger partial charge is 0.253 e. The molecule has 0 saturated carbocycles. The molecule has 1 aliphatic rings. The number of nitrogens with one attached hydrogen (secondary N) is 1. The average molecular weight is 440 g/mol. The van der Waals surface area contributed by atoms with Gasteiger partial charge in [0, 0.05) is 32.7 Å². The molecule has 2 aromatic rings. The largest absolute Gasteiger partial charge is 0.340 e. The fourth-order valence-corrected chi connectivity index (χ4v) is 3.85. The van der Waals surface area contributed by atoms with Gasteiger partial charge >= 0.3 is 0 Å². The van der Waals surface area contributed by atoms with Gasteiger partial charge in [-0.15, -0.1) is 0 Å². The molecule has 3 rings (SSSR count). The van der Waals surface area contributed by atoms with Crippen LogP contribution in [-0.4, -0.2) is 60.4 Å². The number of halogens is 1. The second-order valence-corrected chi connectivity index (χ2v) is 8.52. The first-order valence-corrected chi connectivity index (χ1v) is 11.1. The predicted molar refractivity (Wildman–Crippen MR) is 126 cm³/mol. The number of nitrogens with zero attached hydrogens (tertiary/aromatic N) is 2. The van der Waals surface area contributed by atoms with Crippen LogP contribution in [0, 0.1) is 5.92 Å². The van der Waals surface area contributed by atoms with Gasteiger partial charge in [-0.1, -0.05) is 80.1 Å². The molecule has 1 atom stereocenters. The Morgan fingerprint density at radius 1 is 1.00 bits per heavy atom. The minimum atomic E-state index is -0.576. The molecule has 1 fully saturated rings. The van der Waals surface area contributed by atoms with Crippen LogP contribution in [0.3, 0.4) is 0 Å². The number of piperazine rings is 1. The maximum atomic E-state index is 13.1. The van der Waals surface area contributed by atoms with Crippen molar-refractivity contribution in [3.63, 3.8) is 0 Å². The Kier molecular flexibility index (Phi) is 8.27. The highest BCUT2D eigenvalue weighted by Crippen LogP contribution is 2.16. The van der Waals surface area contributed by atoms with Gasteiger partial charge in [-0.05, 0) is 23.6 Å². The van der Waals surface area contributed by atoms with Crippen LogP contribution in [0.4, 0.5) is 0 Å². The molecule has 0 aromatic heterocycles. The van der Waals surface area contributed by atoms with E-state index in [9.17, 15) is 9.59 Å². The van der Waals surface area contributed by atoms with Crippen molar-refractivity contribution in [3.8, 4) is 0 Å². The highest BCUT2D eigenvalue weighted by atomic mass is 35.5. The Bertz CT molecular complexity index is 906. The van der Waals surface area contributed by atoms with E-state index in [1.54, 1.807) is 24.3 Å². The van der Waals surface area contributed by atoms with Crippen LogP contribution in [0.2, 0.25) is 5.02 Å². The molecule has 1 aliphatic heterocycles. The third-order valence-electron chi connectivity index (χ3n) is 5.50. The molecular formula is C25H30ClN3O2. The third-order valence-corrected chi connectivity index (χ3v) is 5.82. The predicted octanol–water partition coefficient (Wildman–Crippen LogP) is 3.95. The lowest BCUT2D eigenvalue weighted by molar-refractivity contribution is -0.136. The van der Waals surface area contributed by atoms with Crippen molar-refractivity contribution in [2.75, 3.05) is 32.7 Å². The number of rotatable bonds is 7. The van der Waals surface area contributed by atoms with Crippen molar-refractivity contribution in [1.29, 1.82) is 0 Å². The van der Waals surface area contributed by atoms with Crippen LogP contribution in [0.5, 0.6) is 0 Å². The standard InChI is InChI=1S/C25H30ClN3O2/c1-19(2)23(27-24(30)21-12-6-7-13-22(21)26)25(31)29-17-15-28(16-18-29)14-8-11-20-9-4-3-5-10-20/h3-13,19,23H,14-18H2,1-2H3,(H,27,30)/b11-8+. The minimum absolute atomic E-state index is 0.0224. The number of hydrogen-bond acceptors (Lipinski definition) is 3. The second-order valence-electron chi connectivity index (χ2n) is 8.11. The van der Waals surface area contributed by atoms with Crippen molar-refractivity contribution >= 4 is 29.5 Å². The zero-order valence-electron chi connectivity index (χ0n) is 18.1. The van der Waals surface area contributed by atoms with Crippen molar-refractivity contribution < 1.29 is 9.59 Å². The Hall–Kier alpha value is -2.63. The second kappa shape index (κ2) is 11.1. The lowest BCUT2D eigenvalue weighted by atomic mass is 10.0. The van der Waals surface area contributed by atoms with Crippen LogP contribution >= 0.6 is 11.6 Å². The molecule has 1 unspecified atom stereocenters. The molecule has 0 radical (unpaired) electrons. The lowest BCUT2D eigenvalue weighted by Crippen LogP contribution is -2.56. The van der Waals surface area contributed by atoms with Gasteiger partial charge in [-0.3, -0.25) is 14.5 Å². The maximum absolute atomic E-state index is 13.1. The minimum Gasteiger partial charge on any atom is -0.340 e. The van der Waals surface area contributed by atoms with Crippen molar-refractivity contribution in [2.24, 2.45) is 5.92 Å². The summed E-state index contributed by atoms with van der Waals surface area (Å²) in [5, 5.41) is 3.28. The Morgan fingerprint density at radius 2 is 1.65 bits per heavy atom. The van der Waals surface area contributed by atoms with Crippen molar-refractivity contribution in [2.45, 2.75) is 19.9 Å². The summed E-state index contributed by atoms with van der Waals surface area (Å²) in [6.45, 7) is 7.68. The summed E-state index contributed by atoms with van der Waals surface area (Å²) in [6.07, 6.45) is 4.28. The Labute approximate surface area is 189 Å². The first-order valence-electron chi connectivity index (χ1n) is 10.7. The summed E-state index contributed by atoms with van der Waals surface area (Å²) in [7, 11) is 0. The van der Waals surface area contributed by atoms with Crippen molar-refractivity contribution in [1.82, 2.24) is 15.1 Å². The first kappa shape index (κ1) is 23.0. The zero-order valence-corrected chi connectivity index (χ0v) is 18.9. The Balaban J connectivity index is 1.53. The Morgan fingerprint density at radius 3 is 2.29 bits per heavy atom. The monoisotopic (exact) mass is 439 g/mol. The molecule has 164 valence electrons.